The molecule has 0 bridgehead atoms. The number of nitrogens with zero attached hydrogens (tertiary/aromatic N) is 2. The van der Waals surface area contributed by atoms with Gasteiger partial charge in [-0.2, -0.15) is 0 Å². The lowest BCUT2D eigenvalue weighted by atomic mass is 9.79. The average molecular weight is 907 g/mol. The van der Waals surface area contributed by atoms with E-state index in [1.807, 2.05) is 0 Å². The Bertz CT molecular complexity index is 1860. The quantitative estimate of drug-likeness (QED) is 0.0747. The van der Waals surface area contributed by atoms with Crippen molar-refractivity contribution in [2.75, 3.05) is 44.8 Å². The summed E-state index contributed by atoms with van der Waals surface area (Å²) < 4.78 is 31.3. The van der Waals surface area contributed by atoms with E-state index in [-0.39, 0.29) is 74.1 Å². The van der Waals surface area contributed by atoms with Crippen molar-refractivity contribution < 1.29 is 51.5 Å². The zero-order valence-electron chi connectivity index (χ0n) is 35.4. The van der Waals surface area contributed by atoms with Crippen LogP contribution in [0.3, 0.4) is 0 Å². The van der Waals surface area contributed by atoms with Gasteiger partial charge in [0.15, 0.2) is 0 Å². The molecule has 344 valence electrons. The molecule has 3 saturated carbocycles. The highest BCUT2D eigenvalue weighted by atomic mass is 32.2. The molecule has 7 aliphatic rings. The Morgan fingerprint density at radius 3 is 2.45 bits per heavy atom. The van der Waals surface area contributed by atoms with Crippen molar-refractivity contribution in [3.8, 4) is 0 Å². The van der Waals surface area contributed by atoms with Crippen LogP contribution in [-0.2, 0) is 53.1 Å². The predicted octanol–water partition coefficient (Wildman–Crippen LogP) is -0.548. The summed E-state index contributed by atoms with van der Waals surface area (Å²) in [5.74, 6) is -4.05. The second-order valence-corrected chi connectivity index (χ2v) is 21.3. The number of sulfonamides is 1. The Balaban J connectivity index is 0.808. The number of unbranched alkanes of at least 4 members (excludes halogenated alkanes) is 1. The molecule has 7 fully saturated rings. The van der Waals surface area contributed by atoms with E-state index in [0.717, 1.165) is 16.9 Å². The maximum Gasteiger partial charge on any atom is 0.249 e. The van der Waals surface area contributed by atoms with Gasteiger partial charge >= 0.3 is 0 Å². The van der Waals surface area contributed by atoms with Gasteiger partial charge in [-0.25, -0.2) is 12.7 Å². The molecule has 0 spiro atoms. The van der Waals surface area contributed by atoms with Gasteiger partial charge in [-0.05, 0) is 76.0 Å². The number of carbonyl (C=O) groups is 8. The largest absolute Gasteiger partial charge is 0.368 e. The SMILES string of the molecule is CS(=O)(=O)N1CCC(C(=O)N[C@@H](CCCCNC(=O)C2CC2CNC(=O)COC2CCCC3C(=O)N(C4CCC(=O)NC4=O)C(=O)C23)C(=O)NC2NC(C3CCCCC3)CS2)C1. The minimum Gasteiger partial charge on any atom is -0.368 e. The van der Waals surface area contributed by atoms with Gasteiger partial charge in [-0.1, -0.05) is 25.7 Å². The van der Waals surface area contributed by atoms with Crippen LogP contribution in [0.1, 0.15) is 96.3 Å². The normalized spacial score (nSPS) is 32.2. The van der Waals surface area contributed by atoms with E-state index in [1.54, 1.807) is 11.8 Å². The smallest absolute Gasteiger partial charge is 0.249 e. The molecule has 4 heterocycles. The number of carbonyl (C=O) groups excluding carboxylic acids is 8. The third-order valence-corrected chi connectivity index (χ3v) is 16.2. The van der Waals surface area contributed by atoms with Crippen molar-refractivity contribution in [1.29, 1.82) is 0 Å². The number of nitrogens with one attached hydrogen (secondary N) is 6. The van der Waals surface area contributed by atoms with Gasteiger partial charge in [-0.3, -0.25) is 53.9 Å². The van der Waals surface area contributed by atoms with Crippen molar-refractivity contribution in [2.24, 2.45) is 35.5 Å². The second-order valence-electron chi connectivity index (χ2n) is 18.2. The molecule has 10 atom stereocenters. The van der Waals surface area contributed by atoms with Gasteiger partial charge < -0.3 is 26.0 Å². The molecule has 7 rings (SSSR count). The van der Waals surface area contributed by atoms with E-state index < -0.39 is 75.5 Å². The number of rotatable bonds is 18. The molecular weight excluding hydrogens is 845 g/mol. The van der Waals surface area contributed by atoms with E-state index in [9.17, 15) is 46.8 Å². The molecule has 6 N–H and O–H groups in total. The van der Waals surface area contributed by atoms with Crippen LogP contribution in [0.5, 0.6) is 0 Å². The molecule has 0 radical (unpaired) electrons. The van der Waals surface area contributed by atoms with Gasteiger partial charge in [-0.15, -0.1) is 11.8 Å². The number of likely N-dealkylation sites (tertiary alicyclic amines) is 1. The molecule has 0 aromatic rings. The number of thioether (sulfide) groups is 1. The maximum absolute atomic E-state index is 13.6. The Hall–Kier alpha value is -3.66. The third-order valence-electron chi connectivity index (χ3n) is 13.8. The molecule has 9 unspecified atom stereocenters. The van der Waals surface area contributed by atoms with Crippen LogP contribution in [-0.4, -0.2) is 139 Å². The van der Waals surface area contributed by atoms with Crippen LogP contribution in [0.2, 0.25) is 0 Å². The van der Waals surface area contributed by atoms with E-state index in [4.69, 9.17) is 4.74 Å². The number of imide groups is 2. The number of hydrogen-bond acceptors (Lipinski definition) is 13. The summed E-state index contributed by atoms with van der Waals surface area (Å²) in [6.07, 6.45) is 10.6. The van der Waals surface area contributed by atoms with Crippen LogP contribution in [0.4, 0.5) is 0 Å². The molecule has 3 aliphatic carbocycles. The predicted molar refractivity (Wildman–Crippen MR) is 224 cm³/mol. The lowest BCUT2D eigenvalue weighted by Gasteiger charge is -2.30. The monoisotopic (exact) mass is 906 g/mol. The lowest BCUT2D eigenvalue weighted by molar-refractivity contribution is -0.152. The van der Waals surface area contributed by atoms with Crippen LogP contribution in [0.15, 0.2) is 0 Å². The van der Waals surface area contributed by atoms with E-state index in [1.165, 1.54) is 36.4 Å². The summed E-state index contributed by atoms with van der Waals surface area (Å²) in [5.41, 5.74) is -0.265. The topological polar surface area (TPSA) is 259 Å². The van der Waals surface area contributed by atoms with Crippen LogP contribution in [0, 0.1) is 35.5 Å². The number of hydrogen-bond donors (Lipinski definition) is 6. The van der Waals surface area contributed by atoms with Crippen molar-refractivity contribution >= 4 is 69.0 Å². The summed E-state index contributed by atoms with van der Waals surface area (Å²) in [4.78, 5) is 104. The van der Waals surface area contributed by atoms with Crippen molar-refractivity contribution in [3.05, 3.63) is 0 Å². The zero-order chi connectivity index (χ0) is 44.1. The van der Waals surface area contributed by atoms with Gasteiger partial charge in [0.25, 0.3) is 0 Å². The molecule has 0 aromatic heterocycles. The fourth-order valence-electron chi connectivity index (χ4n) is 10.1. The molecule has 8 amide bonds. The highest BCUT2D eigenvalue weighted by Gasteiger charge is 2.56. The van der Waals surface area contributed by atoms with Crippen LogP contribution < -0.4 is 31.9 Å². The summed E-state index contributed by atoms with van der Waals surface area (Å²) in [6, 6.07) is -1.53. The molecule has 19 nitrogen and oxygen atoms in total. The van der Waals surface area contributed by atoms with Gasteiger partial charge in [0, 0.05) is 50.3 Å². The van der Waals surface area contributed by atoms with Crippen molar-refractivity contribution in [2.45, 2.75) is 126 Å². The fraction of sp³-hybridized carbons (Fsp3) is 0.805. The Labute approximate surface area is 366 Å². The zero-order valence-corrected chi connectivity index (χ0v) is 37.0. The van der Waals surface area contributed by atoms with Crippen molar-refractivity contribution in [1.82, 2.24) is 41.1 Å². The van der Waals surface area contributed by atoms with E-state index in [0.29, 0.717) is 69.9 Å². The molecular formula is C41H62N8O11S2. The first-order valence-corrected chi connectivity index (χ1v) is 25.4. The molecule has 4 aliphatic heterocycles. The van der Waals surface area contributed by atoms with Gasteiger partial charge in [0.05, 0.1) is 30.1 Å². The van der Waals surface area contributed by atoms with Crippen LogP contribution >= 0.6 is 11.8 Å². The Kier molecular flexibility index (Phi) is 15.3. The highest BCUT2D eigenvalue weighted by molar-refractivity contribution is 8.00. The Morgan fingerprint density at radius 1 is 0.919 bits per heavy atom. The summed E-state index contributed by atoms with van der Waals surface area (Å²) in [5, 5.41) is 17.5. The van der Waals surface area contributed by atoms with Gasteiger partial charge in [0.2, 0.25) is 57.3 Å². The first-order chi connectivity index (χ1) is 29.7. The average Bonchev–Trinajstić information content (AvgIpc) is 3.50. The number of piperidine rings is 1. The van der Waals surface area contributed by atoms with E-state index in [2.05, 4.69) is 31.9 Å². The Morgan fingerprint density at radius 2 is 1.71 bits per heavy atom. The minimum atomic E-state index is -3.43. The summed E-state index contributed by atoms with van der Waals surface area (Å²) >= 11 is 1.65. The third kappa shape index (κ3) is 11.3. The number of ether oxygens (including phenoxy) is 1. The first kappa shape index (κ1) is 46.3. The minimum absolute atomic E-state index is 0.0359. The maximum atomic E-state index is 13.6. The van der Waals surface area contributed by atoms with Crippen LogP contribution in [0.25, 0.3) is 0 Å². The molecule has 62 heavy (non-hydrogen) atoms. The summed E-state index contributed by atoms with van der Waals surface area (Å²) in [7, 11) is -3.43. The molecule has 0 aromatic carbocycles. The first-order valence-electron chi connectivity index (χ1n) is 22.5. The number of amides is 8. The summed E-state index contributed by atoms with van der Waals surface area (Å²) in [6.45, 7) is 0.645. The molecule has 4 saturated heterocycles. The molecule has 21 heteroatoms. The van der Waals surface area contributed by atoms with E-state index >= 15 is 0 Å². The number of fused-ring (bicyclic) bond motifs is 1. The lowest BCUT2D eigenvalue weighted by Crippen LogP contribution is -2.54. The fourth-order valence-corrected chi connectivity index (χ4v) is 12.3. The van der Waals surface area contributed by atoms with Crippen molar-refractivity contribution in [3.63, 3.8) is 0 Å². The standard InChI is InChI=1S/C41H62N8O11S2/c1-62(58,59)48-17-15-24(20-48)35(52)44-28(37(54)47-41-45-29(22-61-41)23-8-3-2-4-9-23)11-5-6-16-42-36(53)27-18-25(27)19-43-33(51)21-60-31-12-7-10-26-34(31)40(57)49(39(26)56)30-13-14-32(50)46-38(30)55/h23-31,34,41,45H,2-22H2,1H3,(H,42,53)(H,43,51)(H,44,52)(H,47,54)(H,46,50,55)/t24?,25?,26?,27?,28-,29?,30?,31?,34?,41?/m0/s1. The highest BCUT2D eigenvalue weighted by Crippen LogP contribution is 2.42. The van der Waals surface area contributed by atoms with Gasteiger partial charge in [0.1, 0.15) is 24.2 Å². The second kappa shape index (κ2) is 20.5.